The average Bonchev–Trinajstić information content (AvgIpc) is 3.19. The van der Waals surface area contributed by atoms with Gasteiger partial charge in [0.2, 0.25) is 5.91 Å². The third-order valence-electron chi connectivity index (χ3n) is 5.48. The predicted octanol–water partition coefficient (Wildman–Crippen LogP) is 3.72. The van der Waals surface area contributed by atoms with Gasteiger partial charge < -0.3 is 14.6 Å². The molecule has 35 heavy (non-hydrogen) atoms. The molecule has 0 fully saturated rings. The van der Waals surface area contributed by atoms with Gasteiger partial charge in [-0.25, -0.2) is 13.1 Å². The van der Waals surface area contributed by atoms with Crippen LogP contribution in [0.15, 0.2) is 64.0 Å². The van der Waals surface area contributed by atoms with E-state index >= 15 is 0 Å². The largest absolute Gasteiger partial charge is 0.494 e. The maximum atomic E-state index is 12.3. The summed E-state index contributed by atoms with van der Waals surface area (Å²) in [6, 6.07) is 18.5. The summed E-state index contributed by atoms with van der Waals surface area (Å²) < 4.78 is 37.4. The number of carbonyl (C=O) groups excluding carboxylic acids is 1. The number of hydrogen-bond donors (Lipinski definition) is 2. The van der Waals surface area contributed by atoms with Gasteiger partial charge in [-0.15, -0.1) is 0 Å². The molecule has 0 radical (unpaired) electrons. The number of rotatable bonds is 14. The zero-order chi connectivity index (χ0) is 25.1. The van der Waals surface area contributed by atoms with Gasteiger partial charge in [-0.2, -0.15) is 0 Å². The molecule has 0 atom stereocenters. The van der Waals surface area contributed by atoms with E-state index in [1.54, 1.807) is 0 Å². The summed E-state index contributed by atoms with van der Waals surface area (Å²) in [7, 11) is -3.98. The van der Waals surface area contributed by atoms with Gasteiger partial charge in [-0.1, -0.05) is 47.6 Å². The van der Waals surface area contributed by atoms with Gasteiger partial charge in [-0.3, -0.25) is 4.79 Å². The second kappa shape index (κ2) is 13.1. The van der Waals surface area contributed by atoms with Crippen LogP contribution in [-0.4, -0.2) is 39.2 Å². The summed E-state index contributed by atoms with van der Waals surface area (Å²) in [5.41, 5.74) is 2.76. The van der Waals surface area contributed by atoms with Crippen molar-refractivity contribution < 1.29 is 22.5 Å². The summed E-state index contributed by atoms with van der Waals surface area (Å²) >= 11 is 0. The average molecular weight is 500 g/mol. The molecule has 1 aromatic heterocycles. The minimum Gasteiger partial charge on any atom is -0.494 e. The van der Waals surface area contributed by atoms with Gasteiger partial charge in [-0.05, 0) is 69.3 Å². The standard InChI is InChI=1S/C26H33N3O5S/c1-20-26(21(2)34-28-20)35(31,32)29-25(30)16-18-27-17-6-10-23-12-14-24(15-13-23)33-19-7-11-22-8-4-3-5-9-22/h3-5,8-9,12-15,27H,6-7,10-11,16-19H2,1-2H3,(H,29,30). The van der Waals surface area contributed by atoms with E-state index in [1.165, 1.54) is 25.0 Å². The second-order valence-electron chi connectivity index (χ2n) is 8.37. The molecule has 1 amide bonds. The first-order chi connectivity index (χ1) is 16.8. The van der Waals surface area contributed by atoms with E-state index in [0.29, 0.717) is 13.2 Å². The SMILES string of the molecule is Cc1noc(C)c1S(=O)(=O)NC(=O)CCNCCCc1ccc(OCCCc2ccccc2)cc1. The zero-order valence-corrected chi connectivity index (χ0v) is 21.1. The highest BCUT2D eigenvalue weighted by atomic mass is 32.2. The van der Waals surface area contributed by atoms with Crippen LogP contribution in [0.25, 0.3) is 0 Å². The van der Waals surface area contributed by atoms with Gasteiger partial charge in [0, 0.05) is 13.0 Å². The van der Waals surface area contributed by atoms with E-state index in [0.717, 1.165) is 38.0 Å². The molecule has 0 aliphatic carbocycles. The number of hydrogen-bond acceptors (Lipinski definition) is 7. The molecular weight excluding hydrogens is 466 g/mol. The topological polar surface area (TPSA) is 111 Å². The summed E-state index contributed by atoms with van der Waals surface area (Å²) in [6.07, 6.45) is 3.83. The van der Waals surface area contributed by atoms with Crippen LogP contribution < -0.4 is 14.8 Å². The Labute approximate surface area is 207 Å². The van der Waals surface area contributed by atoms with Gasteiger partial charge in [0.05, 0.1) is 6.61 Å². The number of nitrogens with zero attached hydrogens (tertiary/aromatic N) is 1. The molecule has 3 aromatic rings. The van der Waals surface area contributed by atoms with E-state index < -0.39 is 15.9 Å². The highest BCUT2D eigenvalue weighted by Gasteiger charge is 2.25. The van der Waals surface area contributed by atoms with Gasteiger partial charge >= 0.3 is 0 Å². The van der Waals surface area contributed by atoms with Gasteiger partial charge in [0.1, 0.15) is 11.4 Å². The Bertz CT molecular complexity index is 1160. The fourth-order valence-corrected chi connectivity index (χ4v) is 5.06. The maximum Gasteiger partial charge on any atom is 0.269 e. The Morgan fingerprint density at radius 3 is 2.31 bits per heavy atom. The lowest BCUT2D eigenvalue weighted by Gasteiger charge is -2.09. The number of nitrogens with one attached hydrogen (secondary N) is 2. The first-order valence-corrected chi connectivity index (χ1v) is 13.3. The van der Waals surface area contributed by atoms with Crippen LogP contribution in [0.1, 0.15) is 41.8 Å². The molecule has 0 aliphatic rings. The molecule has 0 aliphatic heterocycles. The molecule has 9 heteroatoms. The Morgan fingerprint density at radius 1 is 0.943 bits per heavy atom. The third kappa shape index (κ3) is 8.52. The maximum absolute atomic E-state index is 12.3. The fraction of sp³-hybridized carbons (Fsp3) is 0.385. The van der Waals surface area contributed by atoms with Gasteiger partial charge in [0.25, 0.3) is 10.0 Å². The minimum atomic E-state index is -3.98. The van der Waals surface area contributed by atoms with Crippen LogP contribution in [0.4, 0.5) is 0 Å². The van der Waals surface area contributed by atoms with E-state index in [4.69, 9.17) is 9.26 Å². The van der Waals surface area contributed by atoms with Crippen molar-refractivity contribution in [1.82, 2.24) is 15.2 Å². The molecule has 0 saturated carbocycles. The van der Waals surface area contributed by atoms with Crippen molar-refractivity contribution in [2.24, 2.45) is 0 Å². The van der Waals surface area contributed by atoms with Crippen molar-refractivity contribution in [3.8, 4) is 5.75 Å². The molecule has 0 saturated heterocycles. The molecule has 0 unspecified atom stereocenters. The van der Waals surface area contributed by atoms with Crippen molar-refractivity contribution in [2.75, 3.05) is 19.7 Å². The lowest BCUT2D eigenvalue weighted by molar-refractivity contribution is -0.119. The summed E-state index contributed by atoms with van der Waals surface area (Å²) in [5.74, 6) is 0.456. The Morgan fingerprint density at radius 2 is 1.63 bits per heavy atom. The first kappa shape index (κ1) is 26.4. The lowest BCUT2D eigenvalue weighted by Crippen LogP contribution is -2.33. The normalized spacial score (nSPS) is 11.4. The smallest absolute Gasteiger partial charge is 0.269 e. The summed E-state index contributed by atoms with van der Waals surface area (Å²) in [4.78, 5) is 12.0. The second-order valence-corrected chi connectivity index (χ2v) is 9.99. The lowest BCUT2D eigenvalue weighted by atomic mass is 10.1. The summed E-state index contributed by atoms with van der Waals surface area (Å²) in [5, 5.41) is 6.80. The molecule has 1 heterocycles. The van der Waals surface area contributed by atoms with Crippen molar-refractivity contribution in [2.45, 2.75) is 50.8 Å². The number of sulfonamides is 1. The number of carbonyl (C=O) groups is 1. The molecule has 0 bridgehead atoms. The van der Waals surface area contributed by atoms with Crippen molar-refractivity contribution >= 4 is 15.9 Å². The zero-order valence-electron chi connectivity index (χ0n) is 20.2. The fourth-order valence-electron chi connectivity index (χ4n) is 3.72. The van der Waals surface area contributed by atoms with Crippen molar-refractivity contribution in [3.05, 3.63) is 77.2 Å². The molecule has 2 N–H and O–H groups in total. The first-order valence-electron chi connectivity index (χ1n) is 11.8. The minimum absolute atomic E-state index is 0.0545. The van der Waals surface area contributed by atoms with Crippen LogP contribution in [0.5, 0.6) is 5.75 Å². The quantitative estimate of drug-likeness (QED) is 0.325. The van der Waals surface area contributed by atoms with Crippen molar-refractivity contribution in [1.29, 1.82) is 0 Å². The van der Waals surface area contributed by atoms with E-state index in [-0.39, 0.29) is 22.8 Å². The molecule has 2 aromatic carbocycles. The molecule has 0 spiro atoms. The Balaban J connectivity index is 1.26. The van der Waals surface area contributed by atoms with Gasteiger partial charge in [0.15, 0.2) is 10.7 Å². The molecule has 3 rings (SSSR count). The Kier molecular flexibility index (Phi) is 9.86. The number of aromatic nitrogens is 1. The molecule has 8 nitrogen and oxygen atoms in total. The monoisotopic (exact) mass is 499 g/mol. The highest BCUT2D eigenvalue weighted by molar-refractivity contribution is 7.90. The van der Waals surface area contributed by atoms with E-state index in [2.05, 4.69) is 51.6 Å². The predicted molar refractivity (Wildman–Crippen MR) is 134 cm³/mol. The van der Waals surface area contributed by atoms with Crippen LogP contribution >= 0.6 is 0 Å². The number of ether oxygens (including phenoxy) is 1. The summed E-state index contributed by atoms with van der Waals surface area (Å²) in [6.45, 7) is 4.81. The number of aryl methyl sites for hydroxylation is 4. The van der Waals surface area contributed by atoms with E-state index in [1.807, 2.05) is 18.2 Å². The van der Waals surface area contributed by atoms with Crippen molar-refractivity contribution in [3.63, 3.8) is 0 Å². The molecule has 188 valence electrons. The third-order valence-corrected chi connectivity index (χ3v) is 7.09. The van der Waals surface area contributed by atoms with Crippen LogP contribution in [0, 0.1) is 13.8 Å². The van der Waals surface area contributed by atoms with E-state index in [9.17, 15) is 13.2 Å². The van der Waals surface area contributed by atoms with Crippen LogP contribution in [0.2, 0.25) is 0 Å². The highest BCUT2D eigenvalue weighted by Crippen LogP contribution is 2.18. The van der Waals surface area contributed by atoms with Crippen LogP contribution in [0.3, 0.4) is 0 Å². The molecular formula is C26H33N3O5S. The number of benzene rings is 2. The number of amides is 1. The Hall–Kier alpha value is -3.17. The van der Waals surface area contributed by atoms with Crippen LogP contribution in [-0.2, 0) is 27.7 Å².